The van der Waals surface area contributed by atoms with Crippen molar-refractivity contribution < 1.29 is 139 Å². The number of carboxylic acid groups (broad SMARTS) is 1. The highest BCUT2D eigenvalue weighted by Gasteiger charge is 2.75. The minimum absolute atomic E-state index is 0.0627. The summed E-state index contributed by atoms with van der Waals surface area (Å²) in [5.41, 5.74) is 2.69. The van der Waals surface area contributed by atoms with E-state index in [1.807, 2.05) is 91.8 Å². The molecule has 12 aliphatic carbocycles. The van der Waals surface area contributed by atoms with Gasteiger partial charge in [-0.25, -0.2) is 30.9 Å². The molecule has 0 aliphatic heterocycles. The number of alkyl carbamates (subject to hydrolysis) is 3. The fraction of sp³-hybridized carbons (Fsp3) is 0.676. The van der Waals surface area contributed by atoms with Crippen LogP contribution >= 0.6 is 0 Å². The third kappa shape index (κ3) is 26.7. The van der Waals surface area contributed by atoms with Crippen LogP contribution in [0.3, 0.4) is 0 Å². The maximum atomic E-state index is 12.2. The molecule has 0 unspecified atom stereocenters. The van der Waals surface area contributed by atoms with Crippen LogP contribution in [0.5, 0.6) is 23.7 Å². The Hall–Kier alpha value is -9.26. The second-order valence-corrected chi connectivity index (χ2v) is 32.5. The summed E-state index contributed by atoms with van der Waals surface area (Å²) < 4.78 is 165. The van der Waals surface area contributed by atoms with Gasteiger partial charge in [-0.2, -0.15) is 39.5 Å². The molecule has 0 radical (unpaired) electrons. The number of hydrogen-bond donors (Lipinski definition) is 10. The number of nitrogens with zero attached hydrogens (tertiary/aromatic N) is 4. The number of aliphatic carboxylic acids is 1. The number of benzene rings is 2. The van der Waals surface area contributed by atoms with Crippen molar-refractivity contribution in [1.29, 1.82) is 0 Å². The first-order chi connectivity index (χ1) is 52.2. The average Bonchev–Trinajstić information content (AvgIpc) is 1.42. The second-order valence-electron chi connectivity index (χ2n) is 32.5. The Morgan fingerprint density at radius 2 is 0.735 bits per heavy atom. The van der Waals surface area contributed by atoms with Gasteiger partial charge >= 0.3 is 54.9 Å². The van der Waals surface area contributed by atoms with E-state index < -0.39 is 79.4 Å². The van der Waals surface area contributed by atoms with E-state index in [-0.39, 0.29) is 127 Å². The van der Waals surface area contributed by atoms with Gasteiger partial charge in [0.25, 0.3) is 5.91 Å². The summed E-state index contributed by atoms with van der Waals surface area (Å²) in [5.74, 6) is 10.8. The Morgan fingerprint density at radius 3 is 1.03 bits per heavy atom. The lowest BCUT2D eigenvalue weighted by molar-refractivity contribution is -0.179. The van der Waals surface area contributed by atoms with Crippen LogP contribution in [0.25, 0.3) is 0 Å². The third-order valence-corrected chi connectivity index (χ3v) is 18.5. The van der Waals surface area contributed by atoms with Crippen LogP contribution in [0, 0.1) is 24.7 Å². The molecule has 33 nitrogen and oxygen atoms in total. The van der Waals surface area contributed by atoms with Gasteiger partial charge in [-0.15, -0.1) is 10.2 Å². The topological polar surface area (TPSA) is 454 Å². The van der Waals surface area contributed by atoms with Crippen molar-refractivity contribution in [3.8, 4) is 23.7 Å². The van der Waals surface area contributed by atoms with Gasteiger partial charge in [0.1, 0.15) is 61.3 Å². The average molecular weight is 1630 g/mol. The molecule has 12 aliphatic rings. The normalized spacial score (nSPS) is 25.2. The lowest BCUT2D eigenvalue weighted by atomic mass is 9.39. The van der Waals surface area contributed by atoms with Crippen LogP contribution in [0.1, 0.15) is 162 Å². The van der Waals surface area contributed by atoms with E-state index in [0.29, 0.717) is 100 Å². The maximum Gasteiger partial charge on any atom is 0.414 e. The summed E-state index contributed by atoms with van der Waals surface area (Å²) in [6.07, 6.45) is -6.60. The van der Waals surface area contributed by atoms with Crippen molar-refractivity contribution in [2.45, 2.75) is 222 Å². The molecule has 4 aromatic rings. The molecule has 2 aromatic carbocycles. The van der Waals surface area contributed by atoms with Gasteiger partial charge in [0, 0.05) is 22.2 Å². The third-order valence-electron chi connectivity index (χ3n) is 18.5. The molecule has 2 heterocycles. The number of carbonyl (C=O) groups is 7. The van der Waals surface area contributed by atoms with E-state index in [1.54, 1.807) is 32.9 Å². The molecule has 113 heavy (non-hydrogen) atoms. The Bertz CT molecular complexity index is 3750. The number of nitrogens with one attached hydrogen (secondary N) is 6. The minimum atomic E-state index is -4.38. The van der Waals surface area contributed by atoms with Crippen molar-refractivity contribution in [2.24, 2.45) is 22.5 Å². The number of aryl methyl sites for hydroxylation is 2. The molecule has 0 saturated heterocycles. The molecule has 12 saturated carbocycles. The zero-order valence-corrected chi connectivity index (χ0v) is 64.4. The molecule has 2 aromatic heterocycles. The number of hydrazine groups is 2. The molecular weight excluding hydrogens is 1530 g/mol. The highest BCUT2D eigenvalue weighted by atomic mass is 19.4. The Balaban J connectivity index is 0.000000197. The number of alkyl halides is 9. The number of nitrogens with two attached hydrogens (primary N) is 2. The Morgan fingerprint density at radius 1 is 0.434 bits per heavy atom. The SMILES string of the molecule is CC(C)(C)OC(=O)NC12CC(C(=O)NN)(C1)C2.CC(C)(C)OC(=O)NC12CC(C(=O)NN)(C1)C2.CC(C)(C)OC(=O)NC12CC(c3nnc(OCCOCC(F)(F)F)o3)(C1)C2.Cc1ccc(OCC(=O)NC23CC(c4nnc(OCCOCC(F)(F)F)o4)(C2)C3)cc1.Cc1ccc(OCC(=O)O)cc1.OCCOCC(F)(F)F. The summed E-state index contributed by atoms with van der Waals surface area (Å²) in [4.78, 5) is 80.2. The van der Waals surface area contributed by atoms with E-state index in [1.165, 1.54) is 0 Å². The van der Waals surface area contributed by atoms with Gasteiger partial charge in [-0.1, -0.05) is 45.6 Å². The molecule has 12 fully saturated rings. The molecule has 0 spiro atoms. The molecule has 16 rings (SSSR count). The highest BCUT2D eigenvalue weighted by molar-refractivity contribution is 5.88. The predicted octanol–water partition coefficient (Wildman–Crippen LogP) is 8.29. The monoisotopic (exact) mass is 1630 g/mol. The number of rotatable bonds is 27. The van der Waals surface area contributed by atoms with Crippen molar-refractivity contribution >= 4 is 42.0 Å². The standard InChI is InChI=1S/C20H22F3N3O5.C16H22F3N3O5.2C11H19N3O3.C9H10O3.C4H7F3O2/c1-13-2-4-14(5-3-13)30-8-15(27)24-19-9-18(10-19,11-19)16-25-26-17(31-16)29-7-6-28-12-20(21,22)23;1-13(2,3)27-11(23)20-15-6-14(7-15,8-15)10-21-22-12(26-10)25-5-4-24-9-16(17,18)19;2*1-9(2,3)17-8(16)13-11-4-10(5-11,6-11)7(15)14-12;1-7-2-4-8(5-3-7)12-6-9(10)11;5-4(6,7)3-9-2-1-8/h2-5H,6-12H2,1H3,(H,24,27);4-9H2,1-3H3,(H,20,23);2*4-6,12H2,1-3H3,(H,13,16)(H,14,15);2-5H,6H2,1H3,(H,10,11);8H,1-3H2. The quantitative estimate of drug-likeness (QED) is 0.00670. The van der Waals surface area contributed by atoms with E-state index in [0.717, 1.165) is 11.1 Å². The number of carboxylic acids is 1. The van der Waals surface area contributed by atoms with Gasteiger partial charge in [0.05, 0.1) is 48.1 Å². The van der Waals surface area contributed by atoms with Crippen molar-refractivity contribution in [3.05, 3.63) is 71.4 Å². The number of carbonyl (C=O) groups excluding carboxylic acids is 6. The van der Waals surface area contributed by atoms with Gasteiger partial charge in [-0.3, -0.25) is 25.2 Å². The number of amides is 6. The number of aliphatic hydroxyl groups is 1. The van der Waals surface area contributed by atoms with Crippen LogP contribution in [0.15, 0.2) is 57.4 Å². The largest absolute Gasteiger partial charge is 0.484 e. The summed E-state index contributed by atoms with van der Waals surface area (Å²) in [7, 11) is 0. The molecule has 632 valence electrons. The first-order valence-corrected chi connectivity index (χ1v) is 35.7. The van der Waals surface area contributed by atoms with Crippen molar-refractivity contribution in [2.75, 3.05) is 72.7 Å². The molecule has 0 atom stereocenters. The first-order valence-electron chi connectivity index (χ1n) is 35.7. The highest BCUT2D eigenvalue weighted by Crippen LogP contribution is 2.70. The predicted molar refractivity (Wildman–Crippen MR) is 374 cm³/mol. The number of halogens is 9. The van der Waals surface area contributed by atoms with E-state index in [2.05, 4.69) is 66.7 Å². The molecule has 8 bridgehead atoms. The van der Waals surface area contributed by atoms with E-state index in [4.69, 9.17) is 63.9 Å². The second kappa shape index (κ2) is 35.6. The van der Waals surface area contributed by atoms with Crippen LogP contribution in [0.4, 0.5) is 53.9 Å². The lowest BCUT2D eigenvalue weighted by Gasteiger charge is -2.68. The van der Waals surface area contributed by atoms with Crippen LogP contribution < -0.4 is 62.8 Å². The Kier molecular flexibility index (Phi) is 28.7. The number of aliphatic hydroxyl groups excluding tert-OH is 1. The Labute approximate surface area is 643 Å². The van der Waals surface area contributed by atoms with Gasteiger partial charge in [-0.05, 0) is 177 Å². The van der Waals surface area contributed by atoms with E-state index in [9.17, 15) is 73.1 Å². The lowest BCUT2D eigenvalue weighted by Crippen LogP contribution is -2.78. The minimum Gasteiger partial charge on any atom is -0.484 e. The van der Waals surface area contributed by atoms with Crippen LogP contribution in [0.2, 0.25) is 0 Å². The van der Waals surface area contributed by atoms with Gasteiger partial charge in [0.2, 0.25) is 23.6 Å². The molecule has 6 amide bonds. The van der Waals surface area contributed by atoms with Crippen LogP contribution in [-0.2, 0) is 58.4 Å². The zero-order valence-electron chi connectivity index (χ0n) is 64.4. The smallest absolute Gasteiger partial charge is 0.414 e. The maximum absolute atomic E-state index is 12.2. The summed E-state index contributed by atoms with van der Waals surface area (Å²) in [5, 5.41) is 43.3. The number of aromatic nitrogens is 4. The summed E-state index contributed by atoms with van der Waals surface area (Å²) in [6.45, 7) is 14.5. The molecular formula is C71H99F9N12O21. The van der Waals surface area contributed by atoms with Gasteiger partial charge < -0.3 is 87.7 Å². The fourth-order valence-electron chi connectivity index (χ4n) is 14.3. The first kappa shape index (κ1) is 90.9. The zero-order chi connectivity index (χ0) is 84.1. The summed E-state index contributed by atoms with van der Waals surface area (Å²) >= 11 is 0. The fourth-order valence-corrected chi connectivity index (χ4v) is 14.3. The van der Waals surface area contributed by atoms with Crippen molar-refractivity contribution in [1.82, 2.24) is 52.5 Å². The molecule has 12 N–H and O–H groups in total. The van der Waals surface area contributed by atoms with E-state index >= 15 is 0 Å². The number of ether oxygens (including phenoxy) is 10. The van der Waals surface area contributed by atoms with Crippen molar-refractivity contribution in [3.63, 3.8) is 0 Å². The van der Waals surface area contributed by atoms with Gasteiger partial charge in [0.15, 0.2) is 13.2 Å². The summed E-state index contributed by atoms with van der Waals surface area (Å²) in [6, 6.07) is 14.7. The van der Waals surface area contributed by atoms with Crippen LogP contribution in [-0.4, -0.2) is 203 Å². The molecule has 42 heteroatoms. The number of hydrogen-bond acceptors (Lipinski definition) is 26.